The van der Waals surface area contributed by atoms with E-state index in [-0.39, 0.29) is 0 Å². The van der Waals surface area contributed by atoms with Crippen LogP contribution in [0.15, 0.2) is 41.9 Å². The molecule has 0 saturated carbocycles. The first-order valence-corrected chi connectivity index (χ1v) is 9.46. The lowest BCUT2D eigenvalue weighted by molar-refractivity contribution is 0.198. The Morgan fingerprint density at radius 3 is 2.68 bits per heavy atom. The number of aromatic nitrogens is 2. The van der Waals surface area contributed by atoms with Crippen molar-refractivity contribution in [2.45, 2.75) is 13.0 Å². The van der Waals surface area contributed by atoms with Crippen LogP contribution in [0, 0.1) is 0 Å². The summed E-state index contributed by atoms with van der Waals surface area (Å²) in [4.78, 5) is 14.2. The number of piperazine rings is 1. The molecule has 1 atom stereocenters. The number of ether oxygens (including phenoxy) is 1. The van der Waals surface area contributed by atoms with E-state index < -0.39 is 0 Å². The molecule has 130 valence electrons. The van der Waals surface area contributed by atoms with Crippen LogP contribution in [-0.2, 0) is 0 Å². The van der Waals surface area contributed by atoms with Gasteiger partial charge in [0.05, 0.1) is 18.7 Å². The third-order valence-electron chi connectivity index (χ3n) is 4.88. The Kier molecular flexibility index (Phi) is 4.55. The lowest BCUT2D eigenvalue weighted by atomic mass is 10.2. The summed E-state index contributed by atoms with van der Waals surface area (Å²) in [7, 11) is 1.69. The third-order valence-corrected chi connectivity index (χ3v) is 5.82. The maximum Gasteiger partial charge on any atom is 0.129 e. The van der Waals surface area contributed by atoms with Crippen LogP contribution >= 0.6 is 11.3 Å². The van der Waals surface area contributed by atoms with E-state index in [4.69, 9.17) is 9.72 Å². The summed E-state index contributed by atoms with van der Waals surface area (Å²) in [5.74, 6) is 1.92. The van der Waals surface area contributed by atoms with Crippen LogP contribution in [0.2, 0.25) is 0 Å². The van der Waals surface area contributed by atoms with Gasteiger partial charge in [0, 0.05) is 43.1 Å². The van der Waals surface area contributed by atoms with Crippen molar-refractivity contribution in [2.24, 2.45) is 0 Å². The fourth-order valence-electron chi connectivity index (χ4n) is 3.33. The smallest absolute Gasteiger partial charge is 0.129 e. The molecule has 1 aliphatic rings. The van der Waals surface area contributed by atoms with Gasteiger partial charge in [-0.3, -0.25) is 4.90 Å². The maximum atomic E-state index is 5.29. The van der Waals surface area contributed by atoms with Crippen molar-refractivity contribution < 1.29 is 4.74 Å². The minimum atomic E-state index is 0.388. The van der Waals surface area contributed by atoms with Gasteiger partial charge in [0.15, 0.2) is 0 Å². The largest absolute Gasteiger partial charge is 0.497 e. The Balaban J connectivity index is 1.46. The highest BCUT2D eigenvalue weighted by molar-refractivity contribution is 7.09. The summed E-state index contributed by atoms with van der Waals surface area (Å²) >= 11 is 1.74. The van der Waals surface area contributed by atoms with E-state index in [1.54, 1.807) is 18.4 Å². The van der Waals surface area contributed by atoms with Crippen molar-refractivity contribution in [1.29, 1.82) is 0 Å². The first kappa shape index (κ1) is 16.3. The zero-order chi connectivity index (χ0) is 17.2. The van der Waals surface area contributed by atoms with Gasteiger partial charge in [0.25, 0.3) is 0 Å². The van der Waals surface area contributed by atoms with Gasteiger partial charge >= 0.3 is 0 Å². The topological polar surface area (TPSA) is 41.5 Å². The van der Waals surface area contributed by atoms with E-state index in [1.165, 1.54) is 5.01 Å². The van der Waals surface area contributed by atoms with E-state index in [1.807, 2.05) is 24.4 Å². The Hall–Kier alpha value is -2.18. The summed E-state index contributed by atoms with van der Waals surface area (Å²) in [5, 5.41) is 4.36. The van der Waals surface area contributed by atoms with Gasteiger partial charge in [-0.15, -0.1) is 11.3 Å². The average Bonchev–Trinajstić information content (AvgIpc) is 3.21. The summed E-state index contributed by atoms with van der Waals surface area (Å²) in [6.45, 7) is 6.29. The number of nitrogens with zero attached hydrogens (tertiary/aromatic N) is 4. The van der Waals surface area contributed by atoms with Crippen molar-refractivity contribution in [3.63, 3.8) is 0 Å². The summed E-state index contributed by atoms with van der Waals surface area (Å²) in [6, 6.07) is 10.6. The molecule has 2 aromatic heterocycles. The number of fused-ring (bicyclic) bond motifs is 1. The second kappa shape index (κ2) is 6.98. The van der Waals surface area contributed by atoms with Gasteiger partial charge in [-0.05, 0) is 37.3 Å². The number of hydrogen-bond acceptors (Lipinski definition) is 6. The van der Waals surface area contributed by atoms with Crippen LogP contribution in [0.1, 0.15) is 18.0 Å². The highest BCUT2D eigenvalue weighted by atomic mass is 32.1. The predicted octanol–water partition coefficient (Wildman–Crippen LogP) is 3.58. The van der Waals surface area contributed by atoms with Crippen LogP contribution in [0.3, 0.4) is 0 Å². The molecule has 3 aromatic rings. The zero-order valence-electron chi connectivity index (χ0n) is 14.6. The monoisotopic (exact) mass is 354 g/mol. The molecule has 1 unspecified atom stereocenters. The van der Waals surface area contributed by atoms with Gasteiger partial charge in [-0.25, -0.2) is 9.97 Å². The number of anilines is 1. The molecule has 4 rings (SSSR count). The minimum absolute atomic E-state index is 0.388. The van der Waals surface area contributed by atoms with Crippen LogP contribution in [0.5, 0.6) is 5.75 Å². The fraction of sp³-hybridized carbons (Fsp3) is 0.368. The summed E-state index contributed by atoms with van der Waals surface area (Å²) < 4.78 is 5.29. The molecule has 0 radical (unpaired) electrons. The van der Waals surface area contributed by atoms with Crippen molar-refractivity contribution in [3.05, 3.63) is 46.9 Å². The molecule has 0 aliphatic carbocycles. The van der Waals surface area contributed by atoms with Crippen LogP contribution in [0.25, 0.3) is 10.9 Å². The normalized spacial score (nSPS) is 17.0. The predicted molar refractivity (Wildman–Crippen MR) is 103 cm³/mol. The molecule has 0 N–H and O–H groups in total. The van der Waals surface area contributed by atoms with Crippen molar-refractivity contribution in [1.82, 2.24) is 14.9 Å². The van der Waals surface area contributed by atoms with Gasteiger partial charge in [-0.1, -0.05) is 0 Å². The molecule has 25 heavy (non-hydrogen) atoms. The van der Waals surface area contributed by atoms with E-state index in [0.29, 0.717) is 6.04 Å². The van der Waals surface area contributed by atoms with E-state index >= 15 is 0 Å². The van der Waals surface area contributed by atoms with Crippen molar-refractivity contribution in [3.8, 4) is 5.75 Å². The quantitative estimate of drug-likeness (QED) is 0.716. The minimum Gasteiger partial charge on any atom is -0.497 e. The Morgan fingerprint density at radius 1 is 1.12 bits per heavy atom. The highest BCUT2D eigenvalue weighted by Gasteiger charge is 2.24. The molecule has 0 bridgehead atoms. The second-order valence-electron chi connectivity index (χ2n) is 6.30. The molecule has 1 aromatic carbocycles. The van der Waals surface area contributed by atoms with Gasteiger partial charge in [0.2, 0.25) is 0 Å². The molecule has 5 nitrogen and oxygen atoms in total. The Labute approximate surface area is 151 Å². The number of methoxy groups -OCH3 is 1. The molecule has 0 amide bonds. The summed E-state index contributed by atoms with van der Waals surface area (Å²) in [6.07, 6.45) is 1.89. The molecular weight excluding hydrogens is 332 g/mol. The molecule has 6 heteroatoms. The van der Waals surface area contributed by atoms with Crippen LogP contribution < -0.4 is 9.64 Å². The Morgan fingerprint density at radius 2 is 1.96 bits per heavy atom. The number of thiazole rings is 1. The number of rotatable bonds is 4. The molecule has 3 heterocycles. The van der Waals surface area contributed by atoms with E-state index in [0.717, 1.165) is 48.6 Å². The van der Waals surface area contributed by atoms with E-state index in [2.05, 4.69) is 39.2 Å². The second-order valence-corrected chi connectivity index (χ2v) is 7.22. The SMILES string of the molecule is COc1ccc2nc(N3CCN(C(C)c4nccs4)CC3)ccc2c1. The van der Waals surface area contributed by atoms with E-state index in [9.17, 15) is 0 Å². The first-order valence-electron chi connectivity index (χ1n) is 8.58. The van der Waals surface area contributed by atoms with Crippen LogP contribution in [-0.4, -0.2) is 48.2 Å². The highest BCUT2D eigenvalue weighted by Crippen LogP contribution is 2.26. The molecule has 1 saturated heterocycles. The Bertz CT molecular complexity index is 844. The van der Waals surface area contributed by atoms with Gasteiger partial charge in [-0.2, -0.15) is 0 Å². The third kappa shape index (κ3) is 3.32. The average molecular weight is 354 g/mol. The van der Waals surface area contributed by atoms with Crippen LogP contribution in [0.4, 0.5) is 5.82 Å². The fourth-order valence-corrected chi connectivity index (χ4v) is 4.06. The van der Waals surface area contributed by atoms with Crippen molar-refractivity contribution in [2.75, 3.05) is 38.2 Å². The zero-order valence-corrected chi connectivity index (χ0v) is 15.4. The first-order chi connectivity index (χ1) is 12.2. The molecule has 0 spiro atoms. The molecular formula is C19H22N4OS. The number of pyridine rings is 1. The summed E-state index contributed by atoms with van der Waals surface area (Å²) in [5.41, 5.74) is 1.01. The molecule has 1 aliphatic heterocycles. The lowest BCUT2D eigenvalue weighted by Gasteiger charge is -2.38. The maximum absolute atomic E-state index is 5.29. The lowest BCUT2D eigenvalue weighted by Crippen LogP contribution is -2.47. The van der Waals surface area contributed by atoms with Crippen molar-refractivity contribution >= 4 is 28.1 Å². The number of hydrogen-bond donors (Lipinski definition) is 0. The molecule has 1 fully saturated rings. The van der Waals surface area contributed by atoms with Gasteiger partial charge < -0.3 is 9.64 Å². The standard InChI is InChI=1S/C19H22N4OS/c1-14(19-20-7-12-25-19)22-8-10-23(11-9-22)18-6-3-15-13-16(24-2)4-5-17(15)21-18/h3-7,12-14H,8-11H2,1-2H3. The van der Waals surface area contributed by atoms with Gasteiger partial charge in [0.1, 0.15) is 16.6 Å². The number of benzene rings is 1.